The summed E-state index contributed by atoms with van der Waals surface area (Å²) in [7, 11) is 0. The Kier molecular flexibility index (Phi) is 10.8. The van der Waals surface area contributed by atoms with Crippen LogP contribution in [0.1, 0.15) is 38.5 Å². The summed E-state index contributed by atoms with van der Waals surface area (Å²) in [6.45, 7) is -2.49. The van der Waals surface area contributed by atoms with Crippen LogP contribution in [-0.2, 0) is 19.2 Å². The van der Waals surface area contributed by atoms with Crippen LogP contribution >= 0.6 is 0 Å². The number of amides is 4. The zero-order chi connectivity index (χ0) is 27.1. The van der Waals surface area contributed by atoms with Gasteiger partial charge in [0.25, 0.3) is 0 Å². The second kappa shape index (κ2) is 11.7. The number of hydrogen-bond acceptors (Lipinski definition) is 4. The van der Waals surface area contributed by atoms with E-state index < -0.39 is 84.1 Å². The van der Waals surface area contributed by atoms with E-state index in [1.165, 1.54) is 0 Å². The molecule has 6 nitrogen and oxygen atoms in total. The number of carbonyl (C=O) groups excluding carboxylic acids is 4. The number of hydrogen-bond donors (Lipinski definition) is 0. The van der Waals surface area contributed by atoms with Crippen molar-refractivity contribution < 1.29 is 71.9 Å². The number of rotatable bonds is 9. The molecule has 0 aliphatic carbocycles. The fourth-order valence-corrected chi connectivity index (χ4v) is 2.45. The van der Waals surface area contributed by atoms with Gasteiger partial charge in [-0.25, -0.2) is 0 Å². The van der Waals surface area contributed by atoms with Gasteiger partial charge >= 0.3 is 48.3 Å². The zero-order valence-electron chi connectivity index (χ0n) is 16.7. The Balaban J connectivity index is 4.71. The molecular weight excluding hydrogens is 512 g/mol. The molecule has 0 aromatic rings. The standard InChI is InChI=1S/C16H16F12N2O4/c17-13(18,19)9(31)29(10(32)14(20,21)22)7-5-3-1-2-4-6-8-30(11(33)15(23,24)25)12(34)16(26,27)28/h1-8H2. The molecule has 0 aliphatic rings. The third-order valence-corrected chi connectivity index (χ3v) is 3.96. The van der Waals surface area contributed by atoms with Crippen LogP contribution in [0.5, 0.6) is 0 Å². The smallest absolute Gasteiger partial charge is 0.267 e. The molecule has 0 heterocycles. The molecule has 198 valence electrons. The topological polar surface area (TPSA) is 74.8 Å². The first-order chi connectivity index (χ1) is 15.1. The third kappa shape index (κ3) is 10.1. The third-order valence-electron chi connectivity index (χ3n) is 3.96. The average molecular weight is 528 g/mol. The van der Waals surface area contributed by atoms with Crippen LogP contribution in [-0.4, -0.2) is 71.2 Å². The van der Waals surface area contributed by atoms with E-state index >= 15 is 0 Å². The highest BCUT2D eigenvalue weighted by Gasteiger charge is 2.52. The van der Waals surface area contributed by atoms with Gasteiger partial charge in [0.15, 0.2) is 0 Å². The summed E-state index contributed by atoms with van der Waals surface area (Å²) < 4.78 is 149. The molecule has 34 heavy (non-hydrogen) atoms. The maximum Gasteiger partial charge on any atom is 0.471 e. The number of unbranched alkanes of at least 4 members (excludes halogenated alkanes) is 5. The van der Waals surface area contributed by atoms with Crippen molar-refractivity contribution in [3.8, 4) is 0 Å². The first-order valence-corrected chi connectivity index (χ1v) is 9.11. The van der Waals surface area contributed by atoms with Crippen LogP contribution in [0.2, 0.25) is 0 Å². The molecule has 0 bridgehead atoms. The van der Waals surface area contributed by atoms with Gasteiger partial charge in [-0.1, -0.05) is 25.7 Å². The van der Waals surface area contributed by atoms with Gasteiger partial charge in [0, 0.05) is 13.1 Å². The Morgan fingerprint density at radius 1 is 0.382 bits per heavy atom. The van der Waals surface area contributed by atoms with Crippen molar-refractivity contribution in [2.75, 3.05) is 13.1 Å². The van der Waals surface area contributed by atoms with E-state index in [-0.39, 0.29) is 25.7 Å². The number of alkyl halides is 12. The lowest BCUT2D eigenvalue weighted by molar-refractivity contribution is -0.204. The highest BCUT2D eigenvalue weighted by atomic mass is 19.4. The monoisotopic (exact) mass is 528 g/mol. The molecule has 0 saturated carbocycles. The van der Waals surface area contributed by atoms with Crippen molar-refractivity contribution in [1.29, 1.82) is 0 Å². The average Bonchev–Trinajstić information content (AvgIpc) is 2.65. The van der Waals surface area contributed by atoms with Crippen LogP contribution in [0.4, 0.5) is 52.7 Å². The lowest BCUT2D eigenvalue weighted by Crippen LogP contribution is -2.50. The Hall–Kier alpha value is -2.56. The molecule has 0 N–H and O–H groups in total. The van der Waals surface area contributed by atoms with Crippen molar-refractivity contribution >= 4 is 23.6 Å². The maximum absolute atomic E-state index is 12.4. The number of imide groups is 2. The van der Waals surface area contributed by atoms with Crippen LogP contribution in [0.25, 0.3) is 0 Å². The largest absolute Gasteiger partial charge is 0.471 e. The van der Waals surface area contributed by atoms with Crippen molar-refractivity contribution in [2.24, 2.45) is 0 Å². The Morgan fingerprint density at radius 2 is 0.559 bits per heavy atom. The molecule has 18 heteroatoms. The molecule has 0 radical (unpaired) electrons. The van der Waals surface area contributed by atoms with Crippen molar-refractivity contribution in [2.45, 2.75) is 63.2 Å². The van der Waals surface area contributed by atoms with Gasteiger partial charge in [0.2, 0.25) is 0 Å². The van der Waals surface area contributed by atoms with E-state index in [0.717, 1.165) is 0 Å². The minimum atomic E-state index is -5.76. The first-order valence-electron chi connectivity index (χ1n) is 9.11. The summed E-state index contributed by atoms with van der Waals surface area (Å²) in [5.74, 6) is -12.1. The molecule has 0 spiro atoms. The summed E-state index contributed by atoms with van der Waals surface area (Å²) in [5.41, 5.74) is 0. The van der Waals surface area contributed by atoms with Gasteiger partial charge in [0.1, 0.15) is 0 Å². The van der Waals surface area contributed by atoms with E-state index in [2.05, 4.69) is 0 Å². The van der Waals surface area contributed by atoms with Crippen molar-refractivity contribution in [1.82, 2.24) is 9.80 Å². The summed E-state index contributed by atoms with van der Waals surface area (Å²) in [5, 5.41) is 0. The molecule has 0 saturated heterocycles. The fraction of sp³-hybridized carbons (Fsp3) is 0.750. The number of halogens is 12. The Labute approximate surface area is 182 Å². The van der Waals surface area contributed by atoms with E-state index in [4.69, 9.17) is 0 Å². The lowest BCUT2D eigenvalue weighted by atomic mass is 10.1. The van der Waals surface area contributed by atoms with Crippen LogP contribution in [0, 0.1) is 0 Å². The van der Waals surface area contributed by atoms with Gasteiger partial charge < -0.3 is 0 Å². The summed E-state index contributed by atoms with van der Waals surface area (Å²) >= 11 is 0. The maximum atomic E-state index is 12.4. The second-order valence-corrected chi connectivity index (χ2v) is 6.64. The highest BCUT2D eigenvalue weighted by molar-refractivity contribution is 6.00. The summed E-state index contributed by atoms with van der Waals surface area (Å²) in [6, 6.07) is 0. The quantitative estimate of drug-likeness (QED) is 0.331. The SMILES string of the molecule is O=C(N(CCCCCCCCN(C(=O)C(F)(F)F)C(=O)C(F)(F)F)C(=O)C(F)(F)F)C(F)(F)F. The predicted octanol–water partition coefficient (Wildman–Crippen LogP) is 4.29. The van der Waals surface area contributed by atoms with E-state index in [1.54, 1.807) is 0 Å². The zero-order valence-corrected chi connectivity index (χ0v) is 16.7. The highest BCUT2D eigenvalue weighted by Crippen LogP contribution is 2.26. The Bertz CT molecular complexity index is 626. The normalized spacial score (nSPS) is 12.9. The van der Waals surface area contributed by atoms with Gasteiger partial charge in [0.05, 0.1) is 0 Å². The fourth-order valence-electron chi connectivity index (χ4n) is 2.45. The molecular formula is C16H16F12N2O4. The molecule has 0 fully saturated rings. The molecule has 0 rings (SSSR count). The molecule has 0 atom stereocenters. The minimum Gasteiger partial charge on any atom is -0.267 e. The molecule has 0 aromatic heterocycles. The first kappa shape index (κ1) is 31.4. The van der Waals surface area contributed by atoms with E-state index in [0.29, 0.717) is 0 Å². The molecule has 0 aliphatic heterocycles. The lowest BCUT2D eigenvalue weighted by Gasteiger charge is -2.23. The summed E-state index contributed by atoms with van der Waals surface area (Å²) in [6.07, 6.45) is -24.4. The molecule has 4 amide bonds. The molecule has 0 aromatic carbocycles. The van der Waals surface area contributed by atoms with Crippen LogP contribution in [0.3, 0.4) is 0 Å². The van der Waals surface area contributed by atoms with Crippen molar-refractivity contribution in [3.05, 3.63) is 0 Å². The second-order valence-electron chi connectivity index (χ2n) is 6.64. The number of nitrogens with zero attached hydrogens (tertiary/aromatic N) is 2. The Morgan fingerprint density at radius 3 is 0.735 bits per heavy atom. The van der Waals surface area contributed by atoms with Gasteiger partial charge in [-0.3, -0.25) is 29.0 Å². The van der Waals surface area contributed by atoms with E-state index in [1.807, 2.05) is 0 Å². The van der Waals surface area contributed by atoms with Crippen LogP contribution < -0.4 is 0 Å². The summed E-state index contributed by atoms with van der Waals surface area (Å²) in [4.78, 5) is 42.1. The predicted molar refractivity (Wildman–Crippen MR) is 85.4 cm³/mol. The van der Waals surface area contributed by atoms with Crippen LogP contribution in [0.15, 0.2) is 0 Å². The van der Waals surface area contributed by atoms with Crippen molar-refractivity contribution in [3.63, 3.8) is 0 Å². The molecule has 0 unspecified atom stereocenters. The van der Waals surface area contributed by atoms with E-state index in [9.17, 15) is 71.9 Å². The number of carbonyl (C=O) groups is 4. The van der Waals surface area contributed by atoms with Gasteiger partial charge in [-0.15, -0.1) is 0 Å². The van der Waals surface area contributed by atoms with Gasteiger partial charge in [-0.05, 0) is 12.8 Å². The minimum absolute atomic E-state index is 0.0192. The van der Waals surface area contributed by atoms with Gasteiger partial charge in [-0.2, -0.15) is 52.7 Å².